The van der Waals surface area contributed by atoms with E-state index in [1.807, 2.05) is 0 Å². The van der Waals surface area contributed by atoms with E-state index in [1.54, 1.807) is 0 Å². The molecule has 0 saturated carbocycles. The van der Waals surface area contributed by atoms with E-state index in [0.29, 0.717) is 5.56 Å². The highest BCUT2D eigenvalue weighted by molar-refractivity contribution is 6.44. The van der Waals surface area contributed by atoms with E-state index >= 15 is 0 Å². The number of ketones is 1. The van der Waals surface area contributed by atoms with Crippen molar-refractivity contribution in [1.29, 1.82) is 0 Å². The molecule has 5 heteroatoms. The largest absolute Gasteiger partial charge is 0.425 e. The number of carbonyl (C=O) groups is 3. The number of Topliss-reactive ketones (excluding diaryl/α,β-unsaturated/α-hetero) is 1. The molecule has 0 fully saturated rings. The summed E-state index contributed by atoms with van der Waals surface area (Å²) in [7, 11) is 0. The number of esters is 2. The van der Waals surface area contributed by atoms with Crippen LogP contribution in [0.3, 0.4) is 0 Å². The van der Waals surface area contributed by atoms with Gasteiger partial charge in [0.2, 0.25) is 0 Å². The smallest absolute Gasteiger partial charge is 0.385 e. The zero-order valence-corrected chi connectivity index (χ0v) is 8.56. The molecule has 0 aromatic heterocycles. The first-order valence-electron chi connectivity index (χ1n) is 4.90. The fourth-order valence-corrected chi connectivity index (χ4v) is 1.95. The average molecular weight is 230 g/mol. The third-order valence-corrected chi connectivity index (χ3v) is 2.78. The Morgan fingerprint density at radius 3 is 2.59 bits per heavy atom. The van der Waals surface area contributed by atoms with Gasteiger partial charge in [0.1, 0.15) is 17.4 Å². The Labute approximate surface area is 95.6 Å². The maximum atomic E-state index is 11.5. The Bertz CT molecular complexity index is 599. The van der Waals surface area contributed by atoms with Gasteiger partial charge in [-0.3, -0.25) is 9.59 Å². The van der Waals surface area contributed by atoms with Crippen molar-refractivity contribution in [2.75, 3.05) is 0 Å². The lowest BCUT2D eigenvalue weighted by Gasteiger charge is -2.01. The molecule has 0 aliphatic carbocycles. The van der Waals surface area contributed by atoms with Crippen LogP contribution in [0, 0.1) is 0 Å². The van der Waals surface area contributed by atoms with Crippen molar-refractivity contribution >= 4 is 17.7 Å². The molecule has 1 atom stereocenters. The summed E-state index contributed by atoms with van der Waals surface area (Å²) in [5.41, 5.74) is 0.692. The SMILES string of the molecule is C=CC1C(=O)Oc2cc3c(cc21)OC(=O)C3=O. The van der Waals surface area contributed by atoms with Gasteiger partial charge in [0.25, 0.3) is 5.78 Å². The number of hydrogen-bond donors (Lipinski definition) is 0. The fourth-order valence-electron chi connectivity index (χ4n) is 1.95. The molecule has 2 heterocycles. The molecule has 0 saturated heterocycles. The Morgan fingerprint density at radius 2 is 1.88 bits per heavy atom. The zero-order valence-electron chi connectivity index (χ0n) is 8.56. The molecule has 0 bridgehead atoms. The third-order valence-electron chi connectivity index (χ3n) is 2.78. The summed E-state index contributed by atoms with van der Waals surface area (Å²) in [5, 5.41) is 0. The van der Waals surface area contributed by atoms with E-state index in [0.717, 1.165) is 0 Å². The second kappa shape index (κ2) is 3.04. The van der Waals surface area contributed by atoms with Crippen LogP contribution < -0.4 is 9.47 Å². The van der Waals surface area contributed by atoms with Gasteiger partial charge < -0.3 is 9.47 Å². The molecule has 0 amide bonds. The predicted molar refractivity (Wildman–Crippen MR) is 55.0 cm³/mol. The van der Waals surface area contributed by atoms with Crippen molar-refractivity contribution in [3.63, 3.8) is 0 Å². The normalized spacial score (nSPS) is 20.7. The molecule has 84 valence electrons. The van der Waals surface area contributed by atoms with Crippen LogP contribution in [-0.2, 0) is 9.59 Å². The first-order chi connectivity index (χ1) is 8.11. The molecular formula is C12H6O5. The molecule has 0 N–H and O–H groups in total. The minimum absolute atomic E-state index is 0.131. The second-order valence-electron chi connectivity index (χ2n) is 3.74. The van der Waals surface area contributed by atoms with Crippen LogP contribution in [0.1, 0.15) is 21.8 Å². The van der Waals surface area contributed by atoms with Crippen molar-refractivity contribution in [3.05, 3.63) is 35.9 Å². The van der Waals surface area contributed by atoms with E-state index in [-0.39, 0.29) is 17.1 Å². The van der Waals surface area contributed by atoms with Crippen LogP contribution in [0.15, 0.2) is 24.8 Å². The van der Waals surface area contributed by atoms with Gasteiger partial charge in [-0.25, -0.2) is 4.79 Å². The van der Waals surface area contributed by atoms with Crippen LogP contribution in [0.5, 0.6) is 11.5 Å². The van der Waals surface area contributed by atoms with Gasteiger partial charge in [-0.05, 0) is 12.1 Å². The number of fused-ring (bicyclic) bond motifs is 2. The number of ether oxygens (including phenoxy) is 2. The average Bonchev–Trinajstić information content (AvgIpc) is 2.74. The van der Waals surface area contributed by atoms with Gasteiger partial charge >= 0.3 is 11.9 Å². The van der Waals surface area contributed by atoms with Gasteiger partial charge in [-0.15, -0.1) is 6.58 Å². The standard InChI is InChI=1S/C12H6O5/c1-2-5-6-3-9-7(10(13)12(15)17-9)4-8(6)16-11(5)14/h2-5H,1H2. The van der Waals surface area contributed by atoms with Crippen molar-refractivity contribution < 1.29 is 23.9 Å². The Morgan fingerprint density at radius 1 is 1.12 bits per heavy atom. The quantitative estimate of drug-likeness (QED) is 0.311. The Hall–Kier alpha value is -2.43. The number of benzene rings is 1. The summed E-state index contributed by atoms with van der Waals surface area (Å²) >= 11 is 0. The first-order valence-corrected chi connectivity index (χ1v) is 4.90. The zero-order chi connectivity index (χ0) is 12.2. The highest BCUT2D eigenvalue weighted by Gasteiger charge is 2.38. The van der Waals surface area contributed by atoms with Gasteiger partial charge in [-0.1, -0.05) is 6.08 Å². The lowest BCUT2D eigenvalue weighted by molar-refractivity contribution is -0.133. The van der Waals surface area contributed by atoms with E-state index in [1.165, 1.54) is 18.2 Å². The summed E-state index contributed by atoms with van der Waals surface area (Å²) in [6, 6.07) is 2.84. The molecule has 2 aliphatic heterocycles. The maximum absolute atomic E-state index is 11.5. The van der Waals surface area contributed by atoms with E-state index in [4.69, 9.17) is 9.47 Å². The molecule has 5 nitrogen and oxygen atoms in total. The number of hydrogen-bond acceptors (Lipinski definition) is 5. The highest BCUT2D eigenvalue weighted by Crippen LogP contribution is 2.41. The minimum Gasteiger partial charge on any atom is -0.425 e. The van der Waals surface area contributed by atoms with Gasteiger partial charge in [-0.2, -0.15) is 0 Å². The molecule has 2 aliphatic rings. The molecule has 1 unspecified atom stereocenters. The second-order valence-corrected chi connectivity index (χ2v) is 3.74. The van der Waals surface area contributed by atoms with Gasteiger partial charge in [0, 0.05) is 5.56 Å². The van der Waals surface area contributed by atoms with Crippen molar-refractivity contribution in [2.24, 2.45) is 0 Å². The minimum atomic E-state index is -0.912. The summed E-state index contributed by atoms with van der Waals surface area (Å²) in [6.45, 7) is 3.54. The monoisotopic (exact) mass is 230 g/mol. The van der Waals surface area contributed by atoms with Gasteiger partial charge in [0.15, 0.2) is 0 Å². The van der Waals surface area contributed by atoms with Crippen LogP contribution in [-0.4, -0.2) is 17.7 Å². The Kier molecular flexibility index (Phi) is 1.75. The third kappa shape index (κ3) is 1.16. The summed E-state index contributed by atoms with van der Waals surface area (Å²) in [4.78, 5) is 33.9. The topological polar surface area (TPSA) is 69.7 Å². The van der Waals surface area contributed by atoms with Crippen LogP contribution in [0.2, 0.25) is 0 Å². The molecule has 0 spiro atoms. The molecule has 1 aromatic rings. The van der Waals surface area contributed by atoms with Gasteiger partial charge in [0.05, 0.1) is 5.56 Å². The lowest BCUT2D eigenvalue weighted by Crippen LogP contribution is -2.10. The van der Waals surface area contributed by atoms with Crippen molar-refractivity contribution in [2.45, 2.75) is 5.92 Å². The van der Waals surface area contributed by atoms with Crippen LogP contribution in [0.4, 0.5) is 0 Å². The first kappa shape index (κ1) is 9.77. The summed E-state index contributed by atoms with van der Waals surface area (Å²) in [5.74, 6) is -2.21. The van der Waals surface area contributed by atoms with E-state index < -0.39 is 23.6 Å². The molecule has 3 rings (SSSR count). The van der Waals surface area contributed by atoms with Crippen molar-refractivity contribution in [3.8, 4) is 11.5 Å². The number of rotatable bonds is 1. The van der Waals surface area contributed by atoms with E-state index in [9.17, 15) is 14.4 Å². The molecule has 17 heavy (non-hydrogen) atoms. The maximum Gasteiger partial charge on any atom is 0.385 e. The predicted octanol–water partition coefficient (Wildman–Crippen LogP) is 0.977. The summed E-state index contributed by atoms with van der Waals surface area (Å²) < 4.78 is 9.77. The molecular weight excluding hydrogens is 224 g/mol. The van der Waals surface area contributed by atoms with E-state index in [2.05, 4.69) is 6.58 Å². The molecule has 1 aromatic carbocycles. The van der Waals surface area contributed by atoms with Crippen LogP contribution >= 0.6 is 0 Å². The number of carbonyl (C=O) groups excluding carboxylic acids is 3. The lowest BCUT2D eigenvalue weighted by atomic mass is 9.98. The fraction of sp³-hybridized carbons (Fsp3) is 0.0833. The van der Waals surface area contributed by atoms with Crippen molar-refractivity contribution in [1.82, 2.24) is 0 Å². The molecule has 0 radical (unpaired) electrons. The van der Waals surface area contributed by atoms with Crippen LogP contribution in [0.25, 0.3) is 0 Å². The summed E-state index contributed by atoms with van der Waals surface area (Å²) in [6.07, 6.45) is 1.44. The Balaban J connectivity index is 2.19. The highest BCUT2D eigenvalue weighted by atomic mass is 16.6.